The number of hydrogen-bond donors (Lipinski definition) is 1. The minimum atomic E-state index is -0.262. The molecule has 4 heteroatoms. The van der Waals surface area contributed by atoms with Gasteiger partial charge in [-0.1, -0.05) is 36.4 Å². The lowest BCUT2D eigenvalue weighted by molar-refractivity contribution is -0.123. The van der Waals surface area contributed by atoms with Crippen molar-refractivity contribution < 1.29 is 9.53 Å². The zero-order valence-electron chi connectivity index (χ0n) is 13.1. The van der Waals surface area contributed by atoms with Gasteiger partial charge < -0.3 is 4.74 Å². The second-order valence-corrected chi connectivity index (χ2v) is 5.57. The Kier molecular flexibility index (Phi) is 5.53. The summed E-state index contributed by atoms with van der Waals surface area (Å²) in [7, 11) is 0. The van der Waals surface area contributed by atoms with Crippen LogP contribution in [0.4, 0.5) is 0 Å². The van der Waals surface area contributed by atoms with E-state index >= 15 is 0 Å². The predicted octanol–water partition coefficient (Wildman–Crippen LogP) is 3.47. The van der Waals surface area contributed by atoms with Gasteiger partial charge in [-0.05, 0) is 50.3 Å². The first-order chi connectivity index (χ1) is 10.6. The predicted molar refractivity (Wildman–Crippen MR) is 88.8 cm³/mol. The number of ether oxygens (including phenoxy) is 1. The lowest BCUT2D eigenvalue weighted by atomic mass is 9.85. The zero-order chi connectivity index (χ0) is 15.9. The van der Waals surface area contributed by atoms with Gasteiger partial charge in [-0.2, -0.15) is 5.10 Å². The molecule has 1 aliphatic carbocycles. The van der Waals surface area contributed by atoms with Crippen LogP contribution >= 0.6 is 0 Å². The number of nitrogens with zero attached hydrogens (tertiary/aromatic N) is 1. The van der Waals surface area contributed by atoms with E-state index in [9.17, 15) is 4.79 Å². The van der Waals surface area contributed by atoms with Gasteiger partial charge in [-0.3, -0.25) is 4.79 Å². The summed E-state index contributed by atoms with van der Waals surface area (Å²) in [4.78, 5) is 11.8. The normalized spacial score (nSPS) is 19.5. The molecule has 4 nitrogen and oxygen atoms in total. The second kappa shape index (κ2) is 7.59. The molecular formula is C18H22N2O2. The third-order valence-electron chi connectivity index (χ3n) is 3.73. The van der Waals surface area contributed by atoms with Gasteiger partial charge in [0, 0.05) is 0 Å². The largest absolute Gasteiger partial charge is 0.484 e. The molecule has 0 unspecified atom stereocenters. The number of para-hydroxylation sites is 1. The molecule has 116 valence electrons. The van der Waals surface area contributed by atoms with Crippen molar-refractivity contribution in [2.45, 2.75) is 26.7 Å². The highest BCUT2D eigenvalue weighted by Gasteiger charge is 2.18. The summed E-state index contributed by atoms with van der Waals surface area (Å²) in [5.41, 5.74) is 5.74. The Morgan fingerprint density at radius 3 is 2.82 bits per heavy atom. The van der Waals surface area contributed by atoms with E-state index in [1.807, 2.05) is 44.2 Å². The van der Waals surface area contributed by atoms with E-state index in [2.05, 4.69) is 23.2 Å². The Labute approximate surface area is 131 Å². The van der Waals surface area contributed by atoms with Gasteiger partial charge >= 0.3 is 0 Å². The molecular weight excluding hydrogens is 276 g/mol. The van der Waals surface area contributed by atoms with Crippen LogP contribution in [-0.2, 0) is 4.79 Å². The SMILES string of the molecule is C=C(C)[C@H]1CC=C(C)/C(=N\NC(=O)COc2ccccc2)C1. The Bertz CT molecular complexity index is 603. The summed E-state index contributed by atoms with van der Waals surface area (Å²) in [6, 6.07) is 9.24. The van der Waals surface area contributed by atoms with Crippen LogP contribution in [0.25, 0.3) is 0 Å². The molecule has 1 amide bonds. The molecule has 0 heterocycles. The summed E-state index contributed by atoms with van der Waals surface area (Å²) >= 11 is 0. The van der Waals surface area contributed by atoms with Crippen molar-refractivity contribution >= 4 is 11.6 Å². The van der Waals surface area contributed by atoms with E-state index in [-0.39, 0.29) is 12.5 Å². The highest BCUT2D eigenvalue weighted by Crippen LogP contribution is 2.26. The first-order valence-corrected chi connectivity index (χ1v) is 7.42. The van der Waals surface area contributed by atoms with E-state index in [4.69, 9.17) is 4.74 Å². The molecule has 0 spiro atoms. The number of hydrogen-bond acceptors (Lipinski definition) is 3. The van der Waals surface area contributed by atoms with Crippen molar-refractivity contribution in [1.29, 1.82) is 0 Å². The van der Waals surface area contributed by atoms with Gasteiger partial charge in [0.05, 0.1) is 5.71 Å². The summed E-state index contributed by atoms with van der Waals surface area (Å²) in [5.74, 6) is 0.808. The first kappa shape index (κ1) is 16.0. The lowest BCUT2D eigenvalue weighted by Gasteiger charge is -2.22. The number of benzene rings is 1. The van der Waals surface area contributed by atoms with Crippen LogP contribution in [0, 0.1) is 5.92 Å². The van der Waals surface area contributed by atoms with Crippen LogP contribution in [0.3, 0.4) is 0 Å². The van der Waals surface area contributed by atoms with E-state index in [0.29, 0.717) is 11.7 Å². The quantitative estimate of drug-likeness (QED) is 0.668. The maximum Gasteiger partial charge on any atom is 0.277 e. The van der Waals surface area contributed by atoms with Crippen molar-refractivity contribution in [3.63, 3.8) is 0 Å². The van der Waals surface area contributed by atoms with E-state index in [0.717, 1.165) is 29.7 Å². The Balaban J connectivity index is 1.87. The summed E-state index contributed by atoms with van der Waals surface area (Å²) in [6.07, 6.45) is 3.96. The number of amides is 1. The fraction of sp³-hybridized carbons (Fsp3) is 0.333. The van der Waals surface area contributed by atoms with Gasteiger partial charge in [0.15, 0.2) is 6.61 Å². The highest BCUT2D eigenvalue weighted by atomic mass is 16.5. The lowest BCUT2D eigenvalue weighted by Crippen LogP contribution is -2.27. The average Bonchev–Trinajstić information content (AvgIpc) is 2.53. The topological polar surface area (TPSA) is 50.7 Å². The molecule has 0 radical (unpaired) electrons. The number of allylic oxidation sites excluding steroid dienone is 3. The Morgan fingerprint density at radius 2 is 2.14 bits per heavy atom. The molecule has 22 heavy (non-hydrogen) atoms. The van der Waals surface area contributed by atoms with Crippen molar-refractivity contribution in [3.05, 3.63) is 54.1 Å². The minimum absolute atomic E-state index is 0.0481. The van der Waals surface area contributed by atoms with Crippen molar-refractivity contribution in [1.82, 2.24) is 5.43 Å². The molecule has 1 atom stereocenters. The van der Waals surface area contributed by atoms with Crippen molar-refractivity contribution in [2.75, 3.05) is 6.61 Å². The van der Waals surface area contributed by atoms with Crippen LogP contribution in [0.2, 0.25) is 0 Å². The Morgan fingerprint density at radius 1 is 1.41 bits per heavy atom. The van der Waals surface area contributed by atoms with Gasteiger partial charge in [0.25, 0.3) is 5.91 Å². The molecule has 2 rings (SSSR count). The number of hydrazone groups is 1. The number of carbonyl (C=O) groups excluding carboxylic acids is 1. The molecule has 1 aromatic rings. The van der Waals surface area contributed by atoms with Crippen LogP contribution in [-0.4, -0.2) is 18.2 Å². The van der Waals surface area contributed by atoms with Gasteiger partial charge in [-0.25, -0.2) is 5.43 Å². The van der Waals surface area contributed by atoms with Crippen molar-refractivity contribution in [2.24, 2.45) is 11.0 Å². The van der Waals surface area contributed by atoms with Crippen LogP contribution < -0.4 is 10.2 Å². The third kappa shape index (κ3) is 4.58. The molecule has 0 bridgehead atoms. The monoisotopic (exact) mass is 298 g/mol. The zero-order valence-corrected chi connectivity index (χ0v) is 13.1. The van der Waals surface area contributed by atoms with Gasteiger partial charge in [-0.15, -0.1) is 0 Å². The number of nitrogens with one attached hydrogen (secondary N) is 1. The smallest absolute Gasteiger partial charge is 0.277 e. The Hall–Kier alpha value is -2.36. The van der Waals surface area contributed by atoms with Crippen molar-refractivity contribution in [3.8, 4) is 5.75 Å². The highest BCUT2D eigenvalue weighted by molar-refractivity contribution is 6.01. The molecule has 0 fully saturated rings. The maximum atomic E-state index is 11.8. The standard InChI is InChI=1S/C18H22N2O2/c1-13(2)15-10-9-14(3)17(11-15)19-20-18(21)12-22-16-7-5-4-6-8-16/h4-9,15H,1,10-12H2,2-3H3,(H,20,21)/b19-17-/t15-/m0/s1. The van der Waals surface area contributed by atoms with Gasteiger partial charge in [0.1, 0.15) is 5.75 Å². The first-order valence-electron chi connectivity index (χ1n) is 7.42. The summed E-state index contributed by atoms with van der Waals surface area (Å²) in [5, 5.41) is 4.24. The molecule has 0 saturated heterocycles. The molecule has 0 aliphatic heterocycles. The molecule has 1 N–H and O–H groups in total. The van der Waals surface area contributed by atoms with Crippen LogP contribution in [0.5, 0.6) is 5.75 Å². The molecule has 0 saturated carbocycles. The van der Waals surface area contributed by atoms with Crippen LogP contribution in [0.1, 0.15) is 26.7 Å². The van der Waals surface area contributed by atoms with Crippen LogP contribution in [0.15, 0.2) is 59.2 Å². The second-order valence-electron chi connectivity index (χ2n) is 5.57. The third-order valence-corrected chi connectivity index (χ3v) is 3.73. The van der Waals surface area contributed by atoms with Gasteiger partial charge in [0.2, 0.25) is 0 Å². The number of rotatable bonds is 5. The summed E-state index contributed by atoms with van der Waals surface area (Å²) < 4.78 is 5.38. The fourth-order valence-electron chi connectivity index (χ4n) is 2.25. The fourth-order valence-corrected chi connectivity index (χ4v) is 2.25. The van der Waals surface area contributed by atoms with E-state index < -0.39 is 0 Å². The van der Waals surface area contributed by atoms with E-state index in [1.165, 1.54) is 0 Å². The molecule has 1 aromatic carbocycles. The van der Waals surface area contributed by atoms with E-state index in [1.54, 1.807) is 0 Å². The molecule has 1 aliphatic rings. The average molecular weight is 298 g/mol. The summed E-state index contributed by atoms with van der Waals surface area (Å²) in [6.45, 7) is 8.00. The number of carbonyl (C=O) groups is 1. The maximum absolute atomic E-state index is 11.8. The minimum Gasteiger partial charge on any atom is -0.484 e. The molecule has 0 aromatic heterocycles.